The second kappa shape index (κ2) is 7.46. The fourth-order valence-corrected chi connectivity index (χ4v) is 6.00. The average Bonchev–Trinajstić information content (AvgIpc) is 3.11. The van der Waals surface area contributed by atoms with E-state index in [0.717, 1.165) is 5.69 Å². The van der Waals surface area contributed by atoms with Crippen molar-refractivity contribution in [2.24, 2.45) is 0 Å². The van der Waals surface area contributed by atoms with Crippen LogP contribution in [0.3, 0.4) is 0 Å². The van der Waals surface area contributed by atoms with Gasteiger partial charge in [-0.1, -0.05) is 0 Å². The molecule has 1 nitrogen and oxygen atoms in total. The Morgan fingerprint density at radius 3 is 2.04 bits per heavy atom. The van der Waals surface area contributed by atoms with Crippen molar-refractivity contribution in [3.8, 4) is 21.3 Å². The SMILES string of the molecule is CC(C)c1cccc(C(C)C)c1-c1cc2ccc(-c3ccccc3)nc2[se]1. The summed E-state index contributed by atoms with van der Waals surface area (Å²) in [5, 5.41) is 1.29. The molecule has 0 aliphatic rings. The normalized spacial score (nSPS) is 11.6. The molecule has 0 N–H and O–H groups in total. The summed E-state index contributed by atoms with van der Waals surface area (Å²) in [5.41, 5.74) is 6.67. The predicted octanol–water partition coefficient (Wildman–Crippen LogP) is 6.87. The molecule has 0 aliphatic heterocycles. The Kier molecular flexibility index (Phi) is 5.04. The second-order valence-corrected chi connectivity index (χ2v) is 9.85. The van der Waals surface area contributed by atoms with Crippen LogP contribution in [0.4, 0.5) is 0 Å². The Hall–Kier alpha value is -2.15. The van der Waals surface area contributed by atoms with Crippen molar-refractivity contribution in [3.05, 3.63) is 77.9 Å². The molecule has 0 saturated heterocycles. The molecule has 136 valence electrons. The van der Waals surface area contributed by atoms with Gasteiger partial charge in [0.25, 0.3) is 0 Å². The van der Waals surface area contributed by atoms with Crippen molar-refractivity contribution in [2.75, 3.05) is 0 Å². The van der Waals surface area contributed by atoms with E-state index in [-0.39, 0.29) is 14.5 Å². The first-order valence-electron chi connectivity index (χ1n) is 9.63. The van der Waals surface area contributed by atoms with Crippen LogP contribution in [0.2, 0.25) is 0 Å². The molecule has 2 aromatic carbocycles. The zero-order valence-corrected chi connectivity index (χ0v) is 18.1. The molecular weight excluding hydrogens is 393 g/mol. The summed E-state index contributed by atoms with van der Waals surface area (Å²) in [6.07, 6.45) is 0. The van der Waals surface area contributed by atoms with Crippen LogP contribution in [0.1, 0.15) is 50.7 Å². The van der Waals surface area contributed by atoms with E-state index in [2.05, 4.69) is 94.4 Å². The molecule has 27 heavy (non-hydrogen) atoms. The van der Waals surface area contributed by atoms with E-state index in [1.165, 1.54) is 36.5 Å². The molecule has 0 saturated carbocycles. The second-order valence-electron chi connectivity index (χ2n) is 7.69. The molecule has 0 spiro atoms. The van der Waals surface area contributed by atoms with E-state index >= 15 is 0 Å². The first-order chi connectivity index (χ1) is 13.0. The summed E-state index contributed by atoms with van der Waals surface area (Å²) in [6.45, 7) is 9.18. The van der Waals surface area contributed by atoms with Crippen LogP contribution in [0.5, 0.6) is 0 Å². The van der Waals surface area contributed by atoms with Crippen LogP contribution >= 0.6 is 0 Å². The Labute approximate surface area is 167 Å². The van der Waals surface area contributed by atoms with Crippen LogP contribution in [-0.2, 0) is 0 Å². The van der Waals surface area contributed by atoms with E-state index < -0.39 is 0 Å². The molecule has 0 aliphatic carbocycles. The van der Waals surface area contributed by atoms with Gasteiger partial charge in [0.05, 0.1) is 0 Å². The third kappa shape index (κ3) is 3.52. The number of aromatic nitrogens is 1. The van der Waals surface area contributed by atoms with Crippen molar-refractivity contribution in [1.82, 2.24) is 4.98 Å². The standard InChI is InChI=1S/C25H25NSe/c1-16(2)20-11-8-12-21(17(3)4)24(20)23-15-19-13-14-22(26-25(19)27-23)18-9-6-5-7-10-18/h5-17H,1-4H3. The van der Waals surface area contributed by atoms with Crippen LogP contribution in [-0.4, -0.2) is 19.5 Å². The van der Waals surface area contributed by atoms with Crippen LogP contribution in [0.25, 0.3) is 31.0 Å². The number of fused-ring (bicyclic) bond motifs is 1. The summed E-state index contributed by atoms with van der Waals surface area (Å²) < 4.78 is 2.73. The molecule has 0 bridgehead atoms. The van der Waals surface area contributed by atoms with Crippen LogP contribution in [0.15, 0.2) is 66.7 Å². The Morgan fingerprint density at radius 2 is 1.41 bits per heavy atom. The number of pyridine rings is 1. The van der Waals surface area contributed by atoms with E-state index in [0.29, 0.717) is 11.8 Å². The molecule has 2 aromatic heterocycles. The fourth-order valence-electron chi connectivity index (χ4n) is 3.65. The van der Waals surface area contributed by atoms with E-state index in [1.807, 2.05) is 0 Å². The molecule has 2 heterocycles. The Bertz CT molecular complexity index is 1050. The molecule has 0 amide bonds. The predicted molar refractivity (Wildman–Crippen MR) is 118 cm³/mol. The minimum atomic E-state index is 0.245. The maximum absolute atomic E-state index is 5.02. The number of benzene rings is 2. The Balaban J connectivity index is 1.88. The van der Waals surface area contributed by atoms with Gasteiger partial charge in [-0.15, -0.1) is 0 Å². The molecule has 0 radical (unpaired) electrons. The fraction of sp³-hybridized carbons (Fsp3) is 0.240. The zero-order chi connectivity index (χ0) is 19.0. The van der Waals surface area contributed by atoms with Gasteiger partial charge < -0.3 is 0 Å². The molecule has 4 rings (SSSR count). The van der Waals surface area contributed by atoms with Gasteiger partial charge in [0.2, 0.25) is 0 Å². The first-order valence-corrected chi connectivity index (χ1v) is 11.3. The molecule has 0 atom stereocenters. The third-order valence-electron chi connectivity index (χ3n) is 5.07. The van der Waals surface area contributed by atoms with Crippen molar-refractivity contribution in [1.29, 1.82) is 0 Å². The third-order valence-corrected chi connectivity index (χ3v) is 7.30. The molecule has 0 fully saturated rings. The first kappa shape index (κ1) is 18.2. The molecule has 4 aromatic rings. The van der Waals surface area contributed by atoms with Gasteiger partial charge in [0, 0.05) is 0 Å². The van der Waals surface area contributed by atoms with E-state index in [4.69, 9.17) is 4.98 Å². The number of nitrogens with zero attached hydrogens (tertiary/aromatic N) is 1. The van der Waals surface area contributed by atoms with Gasteiger partial charge in [-0.05, 0) is 0 Å². The van der Waals surface area contributed by atoms with Gasteiger partial charge in [-0.25, -0.2) is 0 Å². The van der Waals surface area contributed by atoms with Gasteiger partial charge >= 0.3 is 168 Å². The summed E-state index contributed by atoms with van der Waals surface area (Å²) in [5.74, 6) is 1.04. The monoisotopic (exact) mass is 419 g/mol. The molecule has 2 heteroatoms. The van der Waals surface area contributed by atoms with Gasteiger partial charge in [-0.3, -0.25) is 0 Å². The van der Waals surface area contributed by atoms with Crippen molar-refractivity contribution in [2.45, 2.75) is 39.5 Å². The number of hydrogen-bond donors (Lipinski definition) is 0. The number of hydrogen-bond acceptors (Lipinski definition) is 1. The van der Waals surface area contributed by atoms with Gasteiger partial charge in [0.15, 0.2) is 0 Å². The van der Waals surface area contributed by atoms with Crippen LogP contribution < -0.4 is 0 Å². The molecule has 0 unspecified atom stereocenters. The maximum atomic E-state index is 5.02. The van der Waals surface area contributed by atoms with Crippen molar-refractivity contribution in [3.63, 3.8) is 0 Å². The quantitative estimate of drug-likeness (QED) is 0.330. The zero-order valence-electron chi connectivity index (χ0n) is 16.4. The molecular formula is C25H25NSe. The van der Waals surface area contributed by atoms with Crippen molar-refractivity contribution < 1.29 is 0 Å². The summed E-state index contributed by atoms with van der Waals surface area (Å²) >= 11 is 0.245. The number of rotatable bonds is 4. The average molecular weight is 418 g/mol. The van der Waals surface area contributed by atoms with Gasteiger partial charge in [-0.2, -0.15) is 0 Å². The summed E-state index contributed by atoms with van der Waals surface area (Å²) in [4.78, 5) is 5.02. The minimum absolute atomic E-state index is 0.245. The van der Waals surface area contributed by atoms with Crippen LogP contribution in [0, 0.1) is 0 Å². The summed E-state index contributed by atoms with van der Waals surface area (Å²) in [7, 11) is 0. The van der Waals surface area contributed by atoms with Gasteiger partial charge in [0.1, 0.15) is 0 Å². The van der Waals surface area contributed by atoms with Crippen molar-refractivity contribution >= 4 is 24.3 Å². The Morgan fingerprint density at radius 1 is 0.741 bits per heavy atom. The summed E-state index contributed by atoms with van der Waals surface area (Å²) in [6, 6.07) is 24.1. The van der Waals surface area contributed by atoms with E-state index in [9.17, 15) is 0 Å². The topological polar surface area (TPSA) is 12.9 Å². The van der Waals surface area contributed by atoms with E-state index in [1.54, 1.807) is 0 Å².